The minimum Gasteiger partial charge on any atom is -0.468 e. The summed E-state index contributed by atoms with van der Waals surface area (Å²) in [4.78, 5) is 52.1. The number of nitrogens with zero attached hydrogens (tertiary/aromatic N) is 1. The molecule has 0 radical (unpaired) electrons. The number of hydrogen-bond donors (Lipinski definition) is 1. The molecule has 2 saturated heterocycles. The van der Waals surface area contributed by atoms with Gasteiger partial charge in [-0.05, 0) is 57.4 Å². The molecular formula is C25H31FN2O6. The molecule has 1 aromatic rings. The number of ketones is 1. The number of piperidine rings is 1. The van der Waals surface area contributed by atoms with Gasteiger partial charge in [0.25, 0.3) is 5.91 Å². The third-order valence-electron chi connectivity index (χ3n) is 6.79. The minimum atomic E-state index is -1.55. The van der Waals surface area contributed by atoms with Gasteiger partial charge in [0, 0.05) is 36.7 Å². The maximum Gasteiger partial charge on any atom is 0.322 e. The van der Waals surface area contributed by atoms with Crippen LogP contribution in [0.25, 0.3) is 0 Å². The van der Waals surface area contributed by atoms with Crippen LogP contribution in [0.3, 0.4) is 0 Å². The Bertz CT molecular complexity index is 970. The lowest BCUT2D eigenvalue weighted by molar-refractivity contribution is -0.176. The predicted octanol–water partition coefficient (Wildman–Crippen LogP) is 2.42. The quantitative estimate of drug-likeness (QED) is 0.386. The zero-order chi connectivity index (χ0) is 25.0. The number of halogens is 1. The van der Waals surface area contributed by atoms with Crippen molar-refractivity contribution in [2.75, 3.05) is 20.2 Å². The summed E-state index contributed by atoms with van der Waals surface area (Å²) in [5.41, 5.74) is -0.955. The molecular weight excluding hydrogens is 443 g/mol. The van der Waals surface area contributed by atoms with E-state index in [0.29, 0.717) is 31.5 Å². The van der Waals surface area contributed by atoms with Crippen LogP contribution in [0.1, 0.15) is 49.9 Å². The van der Waals surface area contributed by atoms with Crippen molar-refractivity contribution in [1.29, 1.82) is 0 Å². The second-order valence-corrected chi connectivity index (χ2v) is 8.99. The maximum atomic E-state index is 13.0. The number of Topliss-reactive ketones (excluding diaryl/α,β-unsaturated/α-hetero) is 1. The van der Waals surface area contributed by atoms with E-state index in [4.69, 9.17) is 9.47 Å². The Morgan fingerprint density at radius 1 is 1.24 bits per heavy atom. The largest absolute Gasteiger partial charge is 0.468 e. The van der Waals surface area contributed by atoms with Gasteiger partial charge >= 0.3 is 5.97 Å². The molecule has 0 bridgehead atoms. The fourth-order valence-electron chi connectivity index (χ4n) is 4.48. The first kappa shape index (κ1) is 25.6. The maximum absolute atomic E-state index is 13.0. The van der Waals surface area contributed by atoms with Gasteiger partial charge in [-0.25, -0.2) is 4.39 Å². The molecule has 184 valence electrons. The van der Waals surface area contributed by atoms with E-state index >= 15 is 0 Å². The van der Waals surface area contributed by atoms with E-state index in [-0.39, 0.29) is 36.3 Å². The Kier molecular flexibility index (Phi) is 7.86. The molecule has 0 aliphatic carbocycles. The SMILES string of the molecule is C=C1C(=O)C(C)(C(=O)OC)C(CCC(=O)N2CCC(NC(=O)c3ccc(F)cc3)CC2)OC1C. The molecule has 3 atom stereocenters. The zero-order valence-electron chi connectivity index (χ0n) is 19.8. The molecule has 2 fully saturated rings. The number of carbonyl (C=O) groups excluding carboxylic acids is 4. The third-order valence-corrected chi connectivity index (χ3v) is 6.79. The Labute approximate surface area is 198 Å². The fourth-order valence-corrected chi connectivity index (χ4v) is 4.48. The van der Waals surface area contributed by atoms with Crippen LogP contribution in [0, 0.1) is 11.2 Å². The summed E-state index contributed by atoms with van der Waals surface area (Å²) >= 11 is 0. The monoisotopic (exact) mass is 474 g/mol. The van der Waals surface area contributed by atoms with E-state index in [0.717, 1.165) is 0 Å². The Balaban J connectivity index is 1.53. The minimum absolute atomic E-state index is 0.0876. The highest BCUT2D eigenvalue weighted by atomic mass is 19.1. The molecule has 0 saturated carbocycles. The Morgan fingerprint density at radius 2 is 1.85 bits per heavy atom. The Morgan fingerprint density at radius 3 is 2.44 bits per heavy atom. The van der Waals surface area contributed by atoms with Crippen LogP contribution >= 0.6 is 0 Å². The van der Waals surface area contributed by atoms with Gasteiger partial charge in [-0.1, -0.05) is 6.58 Å². The highest BCUT2D eigenvalue weighted by molar-refractivity contribution is 6.13. The topological polar surface area (TPSA) is 102 Å². The van der Waals surface area contributed by atoms with Crippen molar-refractivity contribution in [2.24, 2.45) is 5.41 Å². The summed E-state index contributed by atoms with van der Waals surface area (Å²) in [7, 11) is 1.21. The molecule has 34 heavy (non-hydrogen) atoms. The molecule has 2 aliphatic rings. The number of methoxy groups -OCH3 is 1. The van der Waals surface area contributed by atoms with Crippen LogP contribution in [0.2, 0.25) is 0 Å². The van der Waals surface area contributed by atoms with E-state index in [2.05, 4.69) is 11.9 Å². The van der Waals surface area contributed by atoms with Gasteiger partial charge in [0.05, 0.1) is 19.3 Å². The van der Waals surface area contributed by atoms with Gasteiger partial charge < -0.3 is 19.7 Å². The van der Waals surface area contributed by atoms with Crippen molar-refractivity contribution in [3.05, 3.63) is 47.8 Å². The normalized spacial score (nSPS) is 25.7. The summed E-state index contributed by atoms with van der Waals surface area (Å²) < 4.78 is 23.8. The van der Waals surface area contributed by atoms with Crippen molar-refractivity contribution in [2.45, 2.75) is 57.8 Å². The third kappa shape index (κ3) is 5.19. The van der Waals surface area contributed by atoms with Gasteiger partial charge in [-0.2, -0.15) is 0 Å². The van der Waals surface area contributed by atoms with E-state index in [1.165, 1.54) is 38.3 Å². The summed E-state index contributed by atoms with van der Waals surface area (Å²) in [6, 6.07) is 5.25. The predicted molar refractivity (Wildman–Crippen MR) is 121 cm³/mol. The smallest absolute Gasteiger partial charge is 0.322 e. The van der Waals surface area contributed by atoms with Crippen LogP contribution in [0.5, 0.6) is 0 Å². The molecule has 8 nitrogen and oxygen atoms in total. The van der Waals surface area contributed by atoms with Gasteiger partial charge in [0.15, 0.2) is 11.2 Å². The average Bonchev–Trinajstić information content (AvgIpc) is 2.84. The van der Waals surface area contributed by atoms with Gasteiger partial charge in [-0.15, -0.1) is 0 Å². The lowest BCUT2D eigenvalue weighted by atomic mass is 9.72. The standard InChI is InChI=1S/C25H31FN2O6/c1-15-16(2)34-20(25(3,22(15)30)24(32)33-4)9-10-21(29)28-13-11-19(12-14-28)27-23(31)17-5-7-18(26)8-6-17/h5-8,16,19-20H,1,9-14H2,2-4H3,(H,27,31). The van der Waals surface area contributed by atoms with Gasteiger partial charge in [-0.3, -0.25) is 19.2 Å². The zero-order valence-corrected chi connectivity index (χ0v) is 19.8. The highest BCUT2D eigenvalue weighted by Gasteiger charge is 2.54. The van der Waals surface area contributed by atoms with Crippen LogP contribution in [-0.4, -0.2) is 66.9 Å². The van der Waals surface area contributed by atoms with Gasteiger partial charge in [0.2, 0.25) is 5.91 Å². The number of benzene rings is 1. The first-order valence-corrected chi connectivity index (χ1v) is 11.4. The van der Waals surface area contributed by atoms with Crippen molar-refractivity contribution >= 4 is 23.6 Å². The average molecular weight is 475 g/mol. The molecule has 9 heteroatoms. The van der Waals surface area contributed by atoms with Crippen LogP contribution in [0.15, 0.2) is 36.4 Å². The van der Waals surface area contributed by atoms with E-state index < -0.39 is 35.2 Å². The second kappa shape index (κ2) is 10.5. The van der Waals surface area contributed by atoms with E-state index in [1.54, 1.807) is 11.8 Å². The number of ether oxygens (including phenoxy) is 2. The van der Waals surface area contributed by atoms with Crippen LogP contribution in [-0.2, 0) is 23.9 Å². The summed E-state index contributed by atoms with van der Waals surface area (Å²) in [5.74, 6) is -1.92. The van der Waals surface area contributed by atoms with Crippen LogP contribution < -0.4 is 5.32 Å². The summed E-state index contributed by atoms with van der Waals surface area (Å²) in [5, 5.41) is 2.92. The van der Waals surface area contributed by atoms with Crippen molar-refractivity contribution in [3.63, 3.8) is 0 Å². The van der Waals surface area contributed by atoms with E-state index in [1.807, 2.05) is 0 Å². The molecule has 1 aromatic carbocycles. The van der Waals surface area contributed by atoms with Crippen molar-refractivity contribution in [3.8, 4) is 0 Å². The first-order chi connectivity index (χ1) is 16.1. The number of nitrogens with one attached hydrogen (secondary N) is 1. The van der Waals surface area contributed by atoms with Gasteiger partial charge in [0.1, 0.15) is 5.82 Å². The number of esters is 1. The lowest BCUT2D eigenvalue weighted by Crippen LogP contribution is -2.55. The van der Waals surface area contributed by atoms with Crippen LogP contribution in [0.4, 0.5) is 4.39 Å². The number of carbonyl (C=O) groups is 4. The molecule has 3 rings (SSSR count). The lowest BCUT2D eigenvalue weighted by Gasteiger charge is -2.41. The summed E-state index contributed by atoms with van der Waals surface area (Å²) in [6.45, 7) is 7.85. The Hall–Kier alpha value is -3.07. The molecule has 2 amide bonds. The number of rotatable bonds is 6. The van der Waals surface area contributed by atoms with E-state index in [9.17, 15) is 23.6 Å². The molecule has 1 N–H and O–H groups in total. The second-order valence-electron chi connectivity index (χ2n) is 8.99. The molecule has 3 unspecified atom stereocenters. The molecule has 0 aromatic heterocycles. The molecule has 2 aliphatic heterocycles. The highest BCUT2D eigenvalue weighted by Crippen LogP contribution is 2.39. The fraction of sp³-hybridized carbons (Fsp3) is 0.520. The van der Waals surface area contributed by atoms with Crippen molar-refractivity contribution < 1.29 is 33.0 Å². The first-order valence-electron chi connectivity index (χ1n) is 11.4. The summed E-state index contributed by atoms with van der Waals surface area (Å²) in [6.07, 6.45) is 0.128. The van der Waals surface area contributed by atoms with Crippen molar-refractivity contribution in [1.82, 2.24) is 10.2 Å². The number of likely N-dealkylation sites (tertiary alicyclic amines) is 1. The molecule has 2 heterocycles. The number of amides is 2. The number of hydrogen-bond acceptors (Lipinski definition) is 6. The molecule has 0 spiro atoms.